The van der Waals surface area contributed by atoms with Crippen LogP contribution in [0.25, 0.3) is 17.0 Å². The molecule has 1 heterocycles. The second-order valence-electron chi connectivity index (χ2n) is 7.32. The standard InChI is InChI=1S/C26H20N2O4S/c1-32-21-9-7-8-19(14-21)26(29)18-28-17-20(24-12-5-6-13-25(24)28)15-23(16-27)33(30,31)22-10-3-2-4-11-22/h2-15,17H,18H2,1H3/b23-15+. The topological polar surface area (TPSA) is 89.2 Å². The Kier molecular flexibility index (Phi) is 6.11. The van der Waals surface area contributed by atoms with Crippen LogP contribution in [0.2, 0.25) is 0 Å². The Bertz CT molecular complexity index is 1510. The summed E-state index contributed by atoms with van der Waals surface area (Å²) in [5.41, 5.74) is 1.81. The molecule has 0 atom stereocenters. The Hall–Kier alpha value is -4.15. The van der Waals surface area contributed by atoms with Gasteiger partial charge in [0.1, 0.15) is 16.7 Å². The van der Waals surface area contributed by atoms with Crippen molar-refractivity contribution in [2.24, 2.45) is 0 Å². The number of carbonyl (C=O) groups is 1. The summed E-state index contributed by atoms with van der Waals surface area (Å²) < 4.78 is 32.9. The van der Waals surface area contributed by atoms with Crippen LogP contribution in [0.1, 0.15) is 15.9 Å². The van der Waals surface area contributed by atoms with E-state index < -0.39 is 9.84 Å². The summed E-state index contributed by atoms with van der Waals surface area (Å²) in [6, 6.07) is 23.9. The number of ketones is 1. The van der Waals surface area contributed by atoms with Gasteiger partial charge in [0, 0.05) is 28.2 Å². The van der Waals surface area contributed by atoms with Crippen molar-refractivity contribution in [1.29, 1.82) is 5.26 Å². The summed E-state index contributed by atoms with van der Waals surface area (Å²) in [6.45, 7) is 0.0504. The van der Waals surface area contributed by atoms with Crippen molar-refractivity contribution >= 4 is 32.6 Å². The molecule has 1 aromatic heterocycles. The second kappa shape index (κ2) is 9.15. The van der Waals surface area contributed by atoms with Gasteiger partial charge < -0.3 is 9.30 Å². The van der Waals surface area contributed by atoms with Crippen molar-refractivity contribution in [2.45, 2.75) is 11.4 Å². The van der Waals surface area contributed by atoms with E-state index >= 15 is 0 Å². The molecule has 0 saturated carbocycles. The van der Waals surface area contributed by atoms with E-state index in [0.717, 1.165) is 10.9 Å². The molecule has 4 rings (SSSR count). The van der Waals surface area contributed by atoms with Crippen molar-refractivity contribution in [1.82, 2.24) is 4.57 Å². The first-order valence-electron chi connectivity index (χ1n) is 10.1. The average molecular weight is 457 g/mol. The van der Waals surface area contributed by atoms with Gasteiger partial charge in [0.2, 0.25) is 9.84 Å². The van der Waals surface area contributed by atoms with Gasteiger partial charge >= 0.3 is 0 Å². The van der Waals surface area contributed by atoms with Crippen molar-refractivity contribution in [2.75, 3.05) is 7.11 Å². The summed E-state index contributed by atoms with van der Waals surface area (Å²) in [7, 11) is -2.43. The predicted molar refractivity (Wildman–Crippen MR) is 126 cm³/mol. The predicted octanol–water partition coefficient (Wildman–Crippen LogP) is 4.87. The molecule has 0 aliphatic heterocycles. The summed E-state index contributed by atoms with van der Waals surface area (Å²) in [5, 5.41) is 10.4. The molecule has 164 valence electrons. The highest BCUT2D eigenvalue weighted by atomic mass is 32.2. The molecule has 0 saturated heterocycles. The zero-order valence-electron chi connectivity index (χ0n) is 17.8. The number of allylic oxidation sites excluding steroid dienone is 1. The van der Waals surface area contributed by atoms with Crippen LogP contribution in [0.4, 0.5) is 0 Å². The lowest BCUT2D eigenvalue weighted by atomic mass is 10.1. The van der Waals surface area contributed by atoms with Gasteiger partial charge in [-0.1, -0.05) is 48.5 Å². The molecule has 3 aromatic carbocycles. The molecular formula is C26H20N2O4S. The van der Waals surface area contributed by atoms with Gasteiger partial charge in [-0.25, -0.2) is 8.42 Å². The number of hydrogen-bond donors (Lipinski definition) is 0. The number of nitriles is 1. The number of sulfone groups is 1. The fourth-order valence-corrected chi connectivity index (χ4v) is 4.77. The highest BCUT2D eigenvalue weighted by Gasteiger charge is 2.21. The number of Topliss-reactive ketones (excluding diaryl/α,β-unsaturated/α-hetero) is 1. The minimum atomic E-state index is -3.97. The molecule has 0 amide bonds. The zero-order valence-corrected chi connectivity index (χ0v) is 18.6. The second-order valence-corrected chi connectivity index (χ2v) is 9.24. The molecule has 0 unspecified atom stereocenters. The maximum Gasteiger partial charge on any atom is 0.216 e. The van der Waals surface area contributed by atoms with Crippen LogP contribution in [0, 0.1) is 11.3 Å². The van der Waals surface area contributed by atoms with Crippen molar-refractivity contribution in [3.8, 4) is 11.8 Å². The number of fused-ring (bicyclic) bond motifs is 1. The smallest absolute Gasteiger partial charge is 0.216 e. The monoisotopic (exact) mass is 456 g/mol. The summed E-state index contributed by atoms with van der Waals surface area (Å²) in [4.78, 5) is 12.6. The highest BCUT2D eigenvalue weighted by Crippen LogP contribution is 2.27. The van der Waals surface area contributed by atoms with Crippen LogP contribution >= 0.6 is 0 Å². The van der Waals surface area contributed by atoms with Crippen LogP contribution in [0.15, 0.2) is 94.9 Å². The van der Waals surface area contributed by atoms with Crippen LogP contribution < -0.4 is 4.74 Å². The highest BCUT2D eigenvalue weighted by molar-refractivity contribution is 7.95. The van der Waals surface area contributed by atoms with Crippen LogP contribution in [0.3, 0.4) is 0 Å². The number of carbonyl (C=O) groups excluding carboxylic acids is 1. The Balaban J connectivity index is 1.76. The van der Waals surface area contributed by atoms with E-state index in [4.69, 9.17) is 4.74 Å². The molecule has 0 aliphatic carbocycles. The number of para-hydroxylation sites is 1. The SMILES string of the molecule is COc1cccc(C(=O)Cn2cc(/C=C(\C#N)S(=O)(=O)c3ccccc3)c3ccccc32)c1. The number of hydrogen-bond acceptors (Lipinski definition) is 5. The molecule has 7 heteroatoms. The molecule has 6 nitrogen and oxygen atoms in total. The molecule has 0 radical (unpaired) electrons. The lowest BCUT2D eigenvalue weighted by molar-refractivity contribution is 0.0973. The molecule has 0 bridgehead atoms. The van der Waals surface area contributed by atoms with Gasteiger partial charge in [0.25, 0.3) is 0 Å². The minimum Gasteiger partial charge on any atom is -0.497 e. The van der Waals surface area contributed by atoms with Gasteiger partial charge in [-0.2, -0.15) is 5.26 Å². The van der Waals surface area contributed by atoms with E-state index in [1.165, 1.54) is 25.3 Å². The normalized spacial score (nSPS) is 11.8. The van der Waals surface area contributed by atoms with E-state index in [2.05, 4.69) is 0 Å². The molecule has 0 N–H and O–H groups in total. The minimum absolute atomic E-state index is 0.0504. The third-order valence-corrected chi connectivity index (χ3v) is 6.95. The van der Waals surface area contributed by atoms with Gasteiger partial charge in [-0.15, -0.1) is 0 Å². The Morgan fingerprint density at radius 1 is 1.03 bits per heavy atom. The van der Waals surface area contributed by atoms with E-state index in [9.17, 15) is 18.5 Å². The quantitative estimate of drug-likeness (QED) is 0.292. The lowest BCUT2D eigenvalue weighted by Gasteiger charge is -2.06. The fourth-order valence-electron chi connectivity index (χ4n) is 3.60. The number of aromatic nitrogens is 1. The molecule has 4 aromatic rings. The van der Waals surface area contributed by atoms with Gasteiger partial charge in [0.15, 0.2) is 5.78 Å². The summed E-state index contributed by atoms with van der Waals surface area (Å²) in [5.74, 6) is 0.467. The van der Waals surface area contributed by atoms with E-state index in [0.29, 0.717) is 16.9 Å². The first-order valence-corrected chi connectivity index (χ1v) is 11.6. The van der Waals surface area contributed by atoms with E-state index in [1.54, 1.807) is 53.2 Å². The zero-order chi connectivity index (χ0) is 23.4. The first-order chi connectivity index (χ1) is 15.9. The van der Waals surface area contributed by atoms with Gasteiger partial charge in [-0.3, -0.25) is 4.79 Å². The number of nitrogens with zero attached hydrogens (tertiary/aromatic N) is 2. The molecule has 0 aliphatic rings. The molecule has 33 heavy (non-hydrogen) atoms. The third-order valence-electron chi connectivity index (χ3n) is 5.26. The Morgan fingerprint density at radius 2 is 1.76 bits per heavy atom. The van der Waals surface area contributed by atoms with Crippen molar-refractivity contribution in [3.63, 3.8) is 0 Å². The van der Waals surface area contributed by atoms with Crippen molar-refractivity contribution in [3.05, 3.63) is 101 Å². The van der Waals surface area contributed by atoms with Gasteiger partial charge in [0.05, 0.1) is 18.6 Å². The Morgan fingerprint density at radius 3 is 2.48 bits per heavy atom. The third kappa shape index (κ3) is 4.43. The van der Waals surface area contributed by atoms with E-state index in [1.807, 2.05) is 30.3 Å². The molecular weight excluding hydrogens is 436 g/mol. The lowest BCUT2D eigenvalue weighted by Crippen LogP contribution is -2.09. The summed E-state index contributed by atoms with van der Waals surface area (Å²) in [6.07, 6.45) is 3.05. The average Bonchev–Trinajstić information content (AvgIpc) is 3.20. The number of benzene rings is 3. The number of ether oxygens (including phenoxy) is 1. The first kappa shape index (κ1) is 22.1. The number of methoxy groups -OCH3 is 1. The molecule has 0 spiro atoms. The number of rotatable bonds is 7. The Labute approximate surface area is 191 Å². The summed E-state index contributed by atoms with van der Waals surface area (Å²) >= 11 is 0. The van der Waals surface area contributed by atoms with E-state index in [-0.39, 0.29) is 22.1 Å². The maximum atomic E-state index is 13.0. The van der Waals surface area contributed by atoms with Crippen LogP contribution in [-0.2, 0) is 16.4 Å². The fraction of sp³-hybridized carbons (Fsp3) is 0.0769. The van der Waals surface area contributed by atoms with Crippen molar-refractivity contribution < 1.29 is 17.9 Å². The molecule has 0 fully saturated rings. The van der Waals surface area contributed by atoms with Gasteiger partial charge in [-0.05, 0) is 36.4 Å². The maximum absolute atomic E-state index is 13.0. The largest absolute Gasteiger partial charge is 0.497 e. The van der Waals surface area contributed by atoms with Crippen LogP contribution in [0.5, 0.6) is 5.75 Å². The van der Waals surface area contributed by atoms with Crippen LogP contribution in [-0.4, -0.2) is 25.9 Å².